The second-order valence-corrected chi connectivity index (χ2v) is 3.68. The van der Waals surface area contributed by atoms with Gasteiger partial charge in [0.1, 0.15) is 5.82 Å². The molecule has 0 bridgehead atoms. The van der Waals surface area contributed by atoms with Crippen molar-refractivity contribution in [2.75, 3.05) is 6.54 Å². The molecule has 1 N–H and O–H groups in total. The van der Waals surface area contributed by atoms with Crippen molar-refractivity contribution < 1.29 is 4.39 Å². The normalized spacial score (nSPS) is 14.3. The zero-order valence-electron chi connectivity index (χ0n) is 9.00. The van der Waals surface area contributed by atoms with Gasteiger partial charge in [0.25, 0.3) is 0 Å². The molecule has 0 aliphatic rings. The first kappa shape index (κ1) is 11.7. The Morgan fingerprint density at radius 1 is 1.40 bits per heavy atom. The van der Waals surface area contributed by atoms with Gasteiger partial charge < -0.3 is 5.32 Å². The Morgan fingerprint density at radius 2 is 2.07 bits per heavy atom. The van der Waals surface area contributed by atoms with Gasteiger partial charge >= 0.3 is 0 Å². The van der Waals surface area contributed by atoms with Crippen molar-refractivity contribution in [3.8, 4) is 6.07 Å². The summed E-state index contributed by atoms with van der Waals surface area (Å²) in [6, 6.07) is 8.74. The Kier molecular flexibility index (Phi) is 4.26. The van der Waals surface area contributed by atoms with E-state index in [1.807, 2.05) is 19.9 Å². The summed E-state index contributed by atoms with van der Waals surface area (Å²) in [5.41, 5.74) is 0.641. The molecule has 0 saturated heterocycles. The number of nitriles is 1. The van der Waals surface area contributed by atoms with E-state index in [0.717, 1.165) is 0 Å². The molecule has 0 aliphatic carbocycles. The molecule has 0 fully saturated rings. The number of rotatable bonds is 4. The lowest BCUT2D eigenvalue weighted by Crippen LogP contribution is -2.24. The molecule has 0 amide bonds. The van der Waals surface area contributed by atoms with E-state index in [0.29, 0.717) is 12.1 Å². The molecule has 1 aromatic rings. The average molecular weight is 206 g/mol. The summed E-state index contributed by atoms with van der Waals surface area (Å²) in [5.74, 6) is -0.263. The number of nitrogens with one attached hydrogen (secondary N) is 1. The predicted molar refractivity (Wildman–Crippen MR) is 57.6 cm³/mol. The summed E-state index contributed by atoms with van der Waals surface area (Å²) in [5, 5.41) is 11.7. The SMILES string of the molecule is CC(C#N)CNC(C)c1ccccc1F. The molecule has 3 heteroatoms. The Bertz CT molecular complexity index is 357. The van der Waals surface area contributed by atoms with E-state index < -0.39 is 0 Å². The molecule has 80 valence electrons. The molecule has 0 saturated carbocycles. The number of hydrogen-bond donors (Lipinski definition) is 1. The van der Waals surface area contributed by atoms with Crippen LogP contribution in [-0.2, 0) is 0 Å². The minimum absolute atomic E-state index is 0.0563. The van der Waals surface area contributed by atoms with Crippen molar-refractivity contribution in [3.05, 3.63) is 35.6 Å². The smallest absolute Gasteiger partial charge is 0.127 e. The van der Waals surface area contributed by atoms with Crippen molar-refractivity contribution in [2.45, 2.75) is 19.9 Å². The molecular weight excluding hydrogens is 191 g/mol. The standard InChI is InChI=1S/C12H15FN2/c1-9(7-14)8-15-10(2)11-5-3-4-6-12(11)13/h3-6,9-10,15H,8H2,1-2H3. The molecule has 15 heavy (non-hydrogen) atoms. The Labute approximate surface area is 89.7 Å². The van der Waals surface area contributed by atoms with E-state index in [-0.39, 0.29) is 17.8 Å². The first-order valence-corrected chi connectivity index (χ1v) is 5.02. The lowest BCUT2D eigenvalue weighted by Gasteiger charge is -2.15. The minimum Gasteiger partial charge on any atom is -0.309 e. The van der Waals surface area contributed by atoms with Gasteiger partial charge in [-0.2, -0.15) is 5.26 Å². The number of benzene rings is 1. The van der Waals surface area contributed by atoms with Crippen molar-refractivity contribution in [3.63, 3.8) is 0 Å². The molecule has 0 aromatic heterocycles. The van der Waals surface area contributed by atoms with E-state index >= 15 is 0 Å². The lowest BCUT2D eigenvalue weighted by molar-refractivity contribution is 0.502. The summed E-state index contributed by atoms with van der Waals surface area (Å²) in [6.45, 7) is 4.30. The molecule has 0 aliphatic heterocycles. The Morgan fingerprint density at radius 3 is 2.67 bits per heavy atom. The Balaban J connectivity index is 2.58. The van der Waals surface area contributed by atoms with Gasteiger partial charge in [0.05, 0.1) is 12.0 Å². The second-order valence-electron chi connectivity index (χ2n) is 3.68. The zero-order valence-corrected chi connectivity index (χ0v) is 9.00. The quantitative estimate of drug-likeness (QED) is 0.822. The van der Waals surface area contributed by atoms with Crippen LogP contribution in [0, 0.1) is 23.1 Å². The fourth-order valence-electron chi connectivity index (χ4n) is 1.34. The highest BCUT2D eigenvalue weighted by atomic mass is 19.1. The van der Waals surface area contributed by atoms with Crippen LogP contribution in [0.5, 0.6) is 0 Å². The monoisotopic (exact) mass is 206 g/mol. The van der Waals surface area contributed by atoms with Gasteiger partial charge in [-0.05, 0) is 19.9 Å². The fraction of sp³-hybridized carbons (Fsp3) is 0.417. The van der Waals surface area contributed by atoms with Gasteiger partial charge in [0.15, 0.2) is 0 Å². The van der Waals surface area contributed by atoms with Crippen LogP contribution in [0.4, 0.5) is 4.39 Å². The summed E-state index contributed by atoms with van der Waals surface area (Å²) in [4.78, 5) is 0. The summed E-state index contributed by atoms with van der Waals surface area (Å²) in [7, 11) is 0. The first-order chi connectivity index (χ1) is 7.15. The largest absolute Gasteiger partial charge is 0.309 e. The van der Waals surface area contributed by atoms with Crippen LogP contribution in [-0.4, -0.2) is 6.54 Å². The minimum atomic E-state index is -0.206. The summed E-state index contributed by atoms with van der Waals surface area (Å²) in [6.07, 6.45) is 0. The fourth-order valence-corrected chi connectivity index (χ4v) is 1.34. The second kappa shape index (κ2) is 5.47. The molecule has 0 heterocycles. The van der Waals surface area contributed by atoms with E-state index in [9.17, 15) is 4.39 Å². The third kappa shape index (κ3) is 3.34. The van der Waals surface area contributed by atoms with Gasteiger partial charge in [0, 0.05) is 18.2 Å². The maximum absolute atomic E-state index is 13.3. The molecule has 1 aromatic carbocycles. The van der Waals surface area contributed by atoms with Crippen LogP contribution >= 0.6 is 0 Å². The lowest BCUT2D eigenvalue weighted by atomic mass is 10.1. The van der Waals surface area contributed by atoms with Crippen LogP contribution in [0.25, 0.3) is 0 Å². The molecule has 1 rings (SSSR count). The highest BCUT2D eigenvalue weighted by Crippen LogP contribution is 2.15. The highest BCUT2D eigenvalue weighted by molar-refractivity contribution is 5.20. The van der Waals surface area contributed by atoms with Crippen LogP contribution in [0.15, 0.2) is 24.3 Å². The third-order valence-electron chi connectivity index (χ3n) is 2.32. The average Bonchev–Trinajstić information content (AvgIpc) is 2.26. The topological polar surface area (TPSA) is 35.8 Å². The summed E-state index contributed by atoms with van der Waals surface area (Å²) >= 11 is 0. The van der Waals surface area contributed by atoms with Crippen LogP contribution in [0.1, 0.15) is 25.5 Å². The molecule has 2 unspecified atom stereocenters. The maximum Gasteiger partial charge on any atom is 0.127 e. The van der Waals surface area contributed by atoms with Gasteiger partial charge in [0.2, 0.25) is 0 Å². The zero-order chi connectivity index (χ0) is 11.3. The van der Waals surface area contributed by atoms with E-state index in [1.165, 1.54) is 6.07 Å². The molecule has 0 spiro atoms. The van der Waals surface area contributed by atoms with E-state index in [4.69, 9.17) is 5.26 Å². The van der Waals surface area contributed by atoms with E-state index in [2.05, 4.69) is 11.4 Å². The number of halogens is 1. The maximum atomic E-state index is 13.3. The number of hydrogen-bond acceptors (Lipinski definition) is 2. The highest BCUT2D eigenvalue weighted by Gasteiger charge is 2.10. The van der Waals surface area contributed by atoms with Crippen LogP contribution < -0.4 is 5.32 Å². The first-order valence-electron chi connectivity index (χ1n) is 5.02. The van der Waals surface area contributed by atoms with Gasteiger partial charge in [-0.25, -0.2) is 4.39 Å². The Hall–Kier alpha value is -1.40. The summed E-state index contributed by atoms with van der Waals surface area (Å²) < 4.78 is 13.3. The molecule has 0 radical (unpaired) electrons. The van der Waals surface area contributed by atoms with Crippen molar-refractivity contribution in [2.24, 2.45) is 5.92 Å². The van der Waals surface area contributed by atoms with E-state index in [1.54, 1.807) is 12.1 Å². The van der Waals surface area contributed by atoms with Crippen molar-refractivity contribution in [1.82, 2.24) is 5.32 Å². The number of nitrogens with zero attached hydrogens (tertiary/aromatic N) is 1. The molecule has 2 atom stereocenters. The van der Waals surface area contributed by atoms with Crippen LogP contribution in [0.3, 0.4) is 0 Å². The van der Waals surface area contributed by atoms with Gasteiger partial charge in [-0.1, -0.05) is 18.2 Å². The van der Waals surface area contributed by atoms with Crippen LogP contribution in [0.2, 0.25) is 0 Å². The van der Waals surface area contributed by atoms with Gasteiger partial charge in [-0.3, -0.25) is 0 Å². The van der Waals surface area contributed by atoms with Crippen molar-refractivity contribution in [1.29, 1.82) is 5.26 Å². The molecule has 2 nitrogen and oxygen atoms in total. The van der Waals surface area contributed by atoms with Crippen molar-refractivity contribution >= 4 is 0 Å². The van der Waals surface area contributed by atoms with Gasteiger partial charge in [-0.15, -0.1) is 0 Å². The predicted octanol–water partition coefficient (Wildman–Crippen LogP) is 2.64. The molecular formula is C12H15FN2. The third-order valence-corrected chi connectivity index (χ3v) is 2.32.